The third-order valence-corrected chi connectivity index (χ3v) is 4.27. The second-order valence-corrected chi connectivity index (χ2v) is 5.63. The number of nitrogens with zero attached hydrogens (tertiary/aromatic N) is 1. The molecular formula is C16H15NO2S. The van der Waals surface area contributed by atoms with Gasteiger partial charge < -0.3 is 4.74 Å². The number of ether oxygens (including phenoxy) is 1. The van der Waals surface area contributed by atoms with Crippen molar-refractivity contribution in [1.29, 1.82) is 0 Å². The van der Waals surface area contributed by atoms with Gasteiger partial charge in [0.15, 0.2) is 0 Å². The minimum absolute atomic E-state index is 0.270. The largest absolute Gasteiger partial charge is 0.462 e. The minimum atomic E-state index is -0.270. The third-order valence-electron chi connectivity index (χ3n) is 3.25. The van der Waals surface area contributed by atoms with Crippen molar-refractivity contribution >= 4 is 38.4 Å². The van der Waals surface area contributed by atoms with Gasteiger partial charge in [0.2, 0.25) is 0 Å². The minimum Gasteiger partial charge on any atom is -0.462 e. The first kappa shape index (κ1) is 13.1. The molecule has 0 aliphatic heterocycles. The van der Waals surface area contributed by atoms with Gasteiger partial charge in [-0.15, -0.1) is 11.3 Å². The Morgan fingerprint density at radius 1 is 1.20 bits per heavy atom. The summed E-state index contributed by atoms with van der Waals surface area (Å²) in [7, 11) is 0. The number of hydrogen-bond donors (Lipinski definition) is 0. The molecule has 0 saturated carbocycles. The summed E-state index contributed by atoms with van der Waals surface area (Å²) in [6.45, 7) is 4.34. The normalized spacial score (nSPS) is 11.1. The molecule has 20 heavy (non-hydrogen) atoms. The fourth-order valence-electron chi connectivity index (χ4n) is 2.21. The van der Waals surface area contributed by atoms with Gasteiger partial charge in [0.25, 0.3) is 0 Å². The van der Waals surface area contributed by atoms with Gasteiger partial charge in [-0.05, 0) is 43.2 Å². The van der Waals surface area contributed by atoms with E-state index in [1.807, 2.05) is 19.1 Å². The lowest BCUT2D eigenvalue weighted by Crippen LogP contribution is -2.01. The van der Waals surface area contributed by atoms with Crippen LogP contribution in [0.15, 0.2) is 30.3 Å². The van der Waals surface area contributed by atoms with Crippen LogP contribution >= 0.6 is 11.3 Å². The number of aromatic nitrogens is 1. The number of thiophene rings is 1. The molecule has 102 valence electrons. The van der Waals surface area contributed by atoms with Crippen molar-refractivity contribution in [2.24, 2.45) is 0 Å². The summed E-state index contributed by atoms with van der Waals surface area (Å²) >= 11 is 1.38. The summed E-state index contributed by atoms with van der Waals surface area (Å²) in [6, 6.07) is 10.3. The highest BCUT2D eigenvalue weighted by Crippen LogP contribution is 2.28. The molecule has 0 bridgehead atoms. The number of hydrogen-bond acceptors (Lipinski definition) is 4. The maximum Gasteiger partial charge on any atom is 0.348 e. The molecule has 3 rings (SSSR count). The first-order valence-corrected chi connectivity index (χ1v) is 7.53. The number of fused-ring (bicyclic) bond motifs is 2. The molecule has 0 atom stereocenters. The SMILES string of the molecule is CCOC(=O)c1cc2cc3cc(CC)ccc3nc2s1. The summed E-state index contributed by atoms with van der Waals surface area (Å²) in [5.74, 6) is -0.270. The number of pyridine rings is 1. The molecule has 3 aromatic rings. The van der Waals surface area contributed by atoms with Crippen LogP contribution in [0, 0.1) is 0 Å². The highest BCUT2D eigenvalue weighted by Gasteiger charge is 2.12. The van der Waals surface area contributed by atoms with Gasteiger partial charge >= 0.3 is 5.97 Å². The average Bonchev–Trinajstić information content (AvgIpc) is 2.87. The molecule has 0 fully saturated rings. The van der Waals surface area contributed by atoms with Crippen LogP contribution < -0.4 is 0 Å². The second kappa shape index (κ2) is 5.21. The van der Waals surface area contributed by atoms with Crippen LogP contribution in [0.25, 0.3) is 21.1 Å². The number of aryl methyl sites for hydroxylation is 1. The van der Waals surface area contributed by atoms with Crippen molar-refractivity contribution in [1.82, 2.24) is 4.98 Å². The molecule has 0 radical (unpaired) electrons. The molecule has 0 aliphatic carbocycles. The Labute approximate surface area is 121 Å². The maximum atomic E-state index is 11.8. The van der Waals surface area contributed by atoms with Crippen molar-refractivity contribution in [3.8, 4) is 0 Å². The molecule has 4 heteroatoms. The van der Waals surface area contributed by atoms with E-state index in [2.05, 4.69) is 30.1 Å². The molecule has 2 aromatic heterocycles. The molecular weight excluding hydrogens is 270 g/mol. The van der Waals surface area contributed by atoms with E-state index in [9.17, 15) is 4.79 Å². The molecule has 2 heterocycles. The molecule has 0 spiro atoms. The van der Waals surface area contributed by atoms with Crippen molar-refractivity contribution in [2.45, 2.75) is 20.3 Å². The van der Waals surface area contributed by atoms with E-state index in [0.29, 0.717) is 11.5 Å². The summed E-state index contributed by atoms with van der Waals surface area (Å²) in [4.78, 5) is 17.9. The fraction of sp³-hybridized carbons (Fsp3) is 0.250. The van der Waals surface area contributed by atoms with Crippen LogP contribution in [-0.2, 0) is 11.2 Å². The van der Waals surface area contributed by atoms with E-state index in [1.165, 1.54) is 16.9 Å². The van der Waals surface area contributed by atoms with Crippen molar-refractivity contribution < 1.29 is 9.53 Å². The van der Waals surface area contributed by atoms with E-state index >= 15 is 0 Å². The predicted molar refractivity (Wildman–Crippen MR) is 82.5 cm³/mol. The van der Waals surface area contributed by atoms with Gasteiger partial charge in [-0.1, -0.05) is 13.0 Å². The van der Waals surface area contributed by atoms with Gasteiger partial charge in [-0.2, -0.15) is 0 Å². The molecule has 0 saturated heterocycles. The van der Waals surface area contributed by atoms with Gasteiger partial charge in [-0.3, -0.25) is 0 Å². The number of carbonyl (C=O) groups excluding carboxylic acids is 1. The Morgan fingerprint density at radius 2 is 2.05 bits per heavy atom. The zero-order valence-corrected chi connectivity index (χ0v) is 12.3. The highest BCUT2D eigenvalue weighted by molar-refractivity contribution is 7.20. The summed E-state index contributed by atoms with van der Waals surface area (Å²) in [5, 5.41) is 2.11. The Morgan fingerprint density at radius 3 is 2.80 bits per heavy atom. The molecule has 0 amide bonds. The lowest BCUT2D eigenvalue weighted by molar-refractivity contribution is 0.0532. The van der Waals surface area contributed by atoms with E-state index in [1.54, 1.807) is 0 Å². The van der Waals surface area contributed by atoms with Crippen LogP contribution in [0.5, 0.6) is 0 Å². The van der Waals surface area contributed by atoms with Crippen LogP contribution in [0.3, 0.4) is 0 Å². The molecule has 0 N–H and O–H groups in total. The quantitative estimate of drug-likeness (QED) is 0.677. The first-order chi connectivity index (χ1) is 9.71. The van der Waals surface area contributed by atoms with Gasteiger partial charge in [0.05, 0.1) is 12.1 Å². The van der Waals surface area contributed by atoms with Crippen LogP contribution in [-0.4, -0.2) is 17.6 Å². The topological polar surface area (TPSA) is 39.2 Å². The number of carbonyl (C=O) groups is 1. The van der Waals surface area contributed by atoms with Crippen LogP contribution in [0.4, 0.5) is 0 Å². The number of rotatable bonds is 3. The molecule has 0 aliphatic rings. The lowest BCUT2D eigenvalue weighted by Gasteiger charge is -2.00. The van der Waals surface area contributed by atoms with Gasteiger partial charge in [0.1, 0.15) is 9.71 Å². The number of benzene rings is 1. The Bertz CT molecular complexity index is 792. The van der Waals surface area contributed by atoms with E-state index < -0.39 is 0 Å². The van der Waals surface area contributed by atoms with E-state index in [0.717, 1.165) is 27.5 Å². The van der Waals surface area contributed by atoms with Crippen molar-refractivity contribution in [3.63, 3.8) is 0 Å². The maximum absolute atomic E-state index is 11.8. The smallest absolute Gasteiger partial charge is 0.348 e. The van der Waals surface area contributed by atoms with Crippen molar-refractivity contribution in [2.75, 3.05) is 6.61 Å². The van der Waals surface area contributed by atoms with Crippen LogP contribution in [0.2, 0.25) is 0 Å². The molecule has 1 aromatic carbocycles. The third kappa shape index (κ3) is 2.27. The average molecular weight is 285 g/mol. The Kier molecular flexibility index (Phi) is 3.40. The monoisotopic (exact) mass is 285 g/mol. The standard InChI is InChI=1S/C16H15NO2S/c1-3-10-5-6-13-11(7-10)8-12-9-14(16(18)19-4-2)20-15(12)17-13/h5-9H,3-4H2,1-2H3. The van der Waals surface area contributed by atoms with E-state index in [-0.39, 0.29) is 5.97 Å². The second-order valence-electron chi connectivity index (χ2n) is 4.59. The molecule has 0 unspecified atom stereocenters. The first-order valence-electron chi connectivity index (χ1n) is 6.71. The summed E-state index contributed by atoms with van der Waals surface area (Å²) in [5.41, 5.74) is 2.26. The highest BCUT2D eigenvalue weighted by atomic mass is 32.1. The zero-order chi connectivity index (χ0) is 14.1. The van der Waals surface area contributed by atoms with Crippen LogP contribution in [0.1, 0.15) is 29.1 Å². The van der Waals surface area contributed by atoms with E-state index in [4.69, 9.17) is 4.74 Å². The lowest BCUT2D eigenvalue weighted by atomic mass is 10.1. The summed E-state index contributed by atoms with van der Waals surface area (Å²) in [6.07, 6.45) is 1.01. The Balaban J connectivity index is 2.13. The summed E-state index contributed by atoms with van der Waals surface area (Å²) < 4.78 is 5.04. The predicted octanol–water partition coefficient (Wildman–Crippen LogP) is 4.19. The van der Waals surface area contributed by atoms with Gasteiger partial charge in [0, 0.05) is 10.8 Å². The fourth-order valence-corrected chi connectivity index (χ4v) is 3.12. The number of esters is 1. The van der Waals surface area contributed by atoms with Gasteiger partial charge in [-0.25, -0.2) is 9.78 Å². The molecule has 3 nitrogen and oxygen atoms in total. The Hall–Kier alpha value is -1.94. The zero-order valence-electron chi connectivity index (χ0n) is 11.5. The van der Waals surface area contributed by atoms with Crippen molar-refractivity contribution in [3.05, 3.63) is 40.8 Å².